The summed E-state index contributed by atoms with van der Waals surface area (Å²) in [5.41, 5.74) is 0.830. The summed E-state index contributed by atoms with van der Waals surface area (Å²) in [7, 11) is 2.03. The van der Waals surface area contributed by atoms with E-state index in [2.05, 4.69) is 33.5 Å². The SMILES string of the molecule is C[C@@H]1C[C@H]1c1ccc(CN(C)Cc2nnsc2Cl)o1. The van der Waals surface area contributed by atoms with Crippen LogP contribution in [0.15, 0.2) is 16.5 Å². The van der Waals surface area contributed by atoms with E-state index in [0.717, 1.165) is 29.7 Å². The van der Waals surface area contributed by atoms with Gasteiger partial charge in [0.1, 0.15) is 21.6 Å². The number of hydrogen-bond donors (Lipinski definition) is 0. The lowest BCUT2D eigenvalue weighted by Crippen LogP contribution is -2.17. The second-order valence-corrected chi connectivity index (χ2v) is 6.65. The van der Waals surface area contributed by atoms with Crippen LogP contribution in [-0.4, -0.2) is 21.5 Å². The summed E-state index contributed by atoms with van der Waals surface area (Å²) in [6.07, 6.45) is 1.25. The van der Waals surface area contributed by atoms with Crippen LogP contribution in [0.25, 0.3) is 0 Å². The molecule has 4 nitrogen and oxygen atoms in total. The molecule has 0 bridgehead atoms. The molecule has 2 atom stereocenters. The largest absolute Gasteiger partial charge is 0.464 e. The topological polar surface area (TPSA) is 42.2 Å². The maximum Gasteiger partial charge on any atom is 0.138 e. The van der Waals surface area contributed by atoms with Gasteiger partial charge in [0.05, 0.1) is 6.54 Å². The van der Waals surface area contributed by atoms with Crippen LogP contribution in [0.4, 0.5) is 0 Å². The number of nitrogens with zero attached hydrogens (tertiary/aromatic N) is 3. The first-order chi connectivity index (χ1) is 9.13. The smallest absolute Gasteiger partial charge is 0.138 e. The molecule has 0 amide bonds. The highest BCUT2D eigenvalue weighted by Gasteiger charge is 2.36. The minimum absolute atomic E-state index is 0.635. The third-order valence-corrected chi connectivity index (χ3v) is 4.50. The maximum atomic E-state index is 6.00. The van der Waals surface area contributed by atoms with E-state index in [0.29, 0.717) is 16.8 Å². The first-order valence-corrected chi connectivity index (χ1v) is 7.52. The molecule has 1 aliphatic rings. The van der Waals surface area contributed by atoms with Crippen molar-refractivity contribution in [2.75, 3.05) is 7.05 Å². The quantitative estimate of drug-likeness (QED) is 0.846. The highest BCUT2D eigenvalue weighted by atomic mass is 35.5. The average molecular weight is 298 g/mol. The van der Waals surface area contributed by atoms with Crippen LogP contribution < -0.4 is 0 Å². The average Bonchev–Trinajstić information content (AvgIpc) is 2.75. The van der Waals surface area contributed by atoms with Gasteiger partial charge in [-0.05, 0) is 31.5 Å². The van der Waals surface area contributed by atoms with Crippen molar-refractivity contribution in [1.29, 1.82) is 0 Å². The Morgan fingerprint density at radius 1 is 1.47 bits per heavy atom. The first-order valence-electron chi connectivity index (χ1n) is 6.37. The highest BCUT2D eigenvalue weighted by molar-refractivity contribution is 7.10. The molecule has 2 heterocycles. The predicted octanol–water partition coefficient (Wildman–Crippen LogP) is 3.54. The number of halogens is 1. The molecule has 0 radical (unpaired) electrons. The normalized spacial score (nSPS) is 22.1. The van der Waals surface area contributed by atoms with Crippen LogP contribution in [0.2, 0.25) is 4.34 Å². The molecule has 19 heavy (non-hydrogen) atoms. The standard InChI is InChI=1S/C13H16ClN3OS/c1-8-5-10(8)12-4-3-9(18-12)6-17(2)7-11-13(14)19-16-15-11/h3-4,8,10H,5-7H2,1-2H3/t8-,10-/m1/s1. The van der Waals surface area contributed by atoms with Crippen molar-refractivity contribution in [2.45, 2.75) is 32.4 Å². The Balaban J connectivity index is 1.58. The van der Waals surface area contributed by atoms with Crippen LogP contribution in [0, 0.1) is 5.92 Å². The molecule has 0 spiro atoms. The van der Waals surface area contributed by atoms with Crippen molar-refractivity contribution in [3.8, 4) is 0 Å². The zero-order valence-electron chi connectivity index (χ0n) is 11.0. The van der Waals surface area contributed by atoms with Crippen molar-refractivity contribution < 1.29 is 4.42 Å². The summed E-state index contributed by atoms with van der Waals surface area (Å²) in [5, 5.41) is 4.02. The van der Waals surface area contributed by atoms with Crippen molar-refractivity contribution >= 4 is 23.1 Å². The number of aromatic nitrogens is 2. The Bertz CT molecular complexity index is 568. The molecule has 0 aliphatic heterocycles. The molecule has 1 aliphatic carbocycles. The fraction of sp³-hybridized carbons (Fsp3) is 0.538. The van der Waals surface area contributed by atoms with E-state index in [4.69, 9.17) is 16.0 Å². The van der Waals surface area contributed by atoms with Gasteiger partial charge in [-0.3, -0.25) is 4.90 Å². The molecule has 3 rings (SSSR count). The predicted molar refractivity (Wildman–Crippen MR) is 75.3 cm³/mol. The van der Waals surface area contributed by atoms with E-state index in [1.807, 2.05) is 7.05 Å². The van der Waals surface area contributed by atoms with Gasteiger partial charge in [-0.1, -0.05) is 23.0 Å². The van der Waals surface area contributed by atoms with Crippen molar-refractivity contribution in [3.63, 3.8) is 0 Å². The van der Waals surface area contributed by atoms with E-state index in [9.17, 15) is 0 Å². The van der Waals surface area contributed by atoms with Crippen molar-refractivity contribution in [2.24, 2.45) is 5.92 Å². The van der Waals surface area contributed by atoms with Gasteiger partial charge in [0.15, 0.2) is 0 Å². The van der Waals surface area contributed by atoms with Gasteiger partial charge in [0.2, 0.25) is 0 Å². The Labute approximate surface area is 121 Å². The van der Waals surface area contributed by atoms with Gasteiger partial charge in [0, 0.05) is 24.0 Å². The fourth-order valence-corrected chi connectivity index (χ4v) is 2.88. The Hall–Kier alpha value is -0.910. The minimum atomic E-state index is 0.635. The van der Waals surface area contributed by atoms with Crippen LogP contribution >= 0.6 is 23.1 Å². The second-order valence-electron chi connectivity index (χ2n) is 5.29. The summed E-state index contributed by atoms with van der Waals surface area (Å²) in [6.45, 7) is 3.70. The van der Waals surface area contributed by atoms with Gasteiger partial charge < -0.3 is 4.42 Å². The Morgan fingerprint density at radius 3 is 2.89 bits per heavy atom. The molecule has 0 saturated heterocycles. The van der Waals surface area contributed by atoms with Gasteiger partial charge in [-0.25, -0.2) is 0 Å². The molecule has 2 aromatic rings. The van der Waals surface area contributed by atoms with Crippen LogP contribution in [0.1, 0.15) is 36.5 Å². The van der Waals surface area contributed by atoms with Gasteiger partial charge in [-0.15, -0.1) is 5.10 Å². The molecule has 0 aromatic carbocycles. The zero-order chi connectivity index (χ0) is 13.4. The highest BCUT2D eigenvalue weighted by Crippen LogP contribution is 2.47. The summed E-state index contributed by atoms with van der Waals surface area (Å²) >= 11 is 7.22. The summed E-state index contributed by atoms with van der Waals surface area (Å²) in [6, 6.07) is 4.17. The minimum Gasteiger partial charge on any atom is -0.464 e. The molecular formula is C13H16ClN3OS. The van der Waals surface area contributed by atoms with Gasteiger partial charge in [-0.2, -0.15) is 0 Å². The Morgan fingerprint density at radius 2 is 2.26 bits per heavy atom. The second kappa shape index (κ2) is 5.23. The molecule has 1 saturated carbocycles. The summed E-state index contributed by atoms with van der Waals surface area (Å²) < 4.78 is 10.4. The monoisotopic (exact) mass is 297 g/mol. The van der Waals surface area contributed by atoms with Crippen LogP contribution in [0.5, 0.6) is 0 Å². The van der Waals surface area contributed by atoms with E-state index in [1.54, 1.807) is 0 Å². The molecule has 2 aromatic heterocycles. The first kappa shape index (κ1) is 13.1. The third kappa shape index (κ3) is 2.99. The molecule has 102 valence electrons. The summed E-state index contributed by atoms with van der Waals surface area (Å²) in [5.74, 6) is 3.54. The van der Waals surface area contributed by atoms with Gasteiger partial charge in [0.25, 0.3) is 0 Å². The van der Waals surface area contributed by atoms with Gasteiger partial charge >= 0.3 is 0 Å². The molecule has 6 heteroatoms. The van der Waals surface area contributed by atoms with Crippen LogP contribution in [-0.2, 0) is 13.1 Å². The van der Waals surface area contributed by atoms with E-state index in [1.165, 1.54) is 18.0 Å². The Kier molecular flexibility index (Phi) is 3.60. The number of rotatable bonds is 5. The lowest BCUT2D eigenvalue weighted by atomic mass is 10.3. The van der Waals surface area contributed by atoms with E-state index >= 15 is 0 Å². The lowest BCUT2D eigenvalue weighted by Gasteiger charge is -2.13. The molecule has 0 unspecified atom stereocenters. The maximum absolute atomic E-state index is 6.00. The summed E-state index contributed by atoms with van der Waals surface area (Å²) in [4.78, 5) is 2.13. The van der Waals surface area contributed by atoms with Crippen LogP contribution in [0.3, 0.4) is 0 Å². The molecule has 0 N–H and O–H groups in total. The molecule has 1 fully saturated rings. The third-order valence-electron chi connectivity index (χ3n) is 3.51. The number of furan rings is 1. The zero-order valence-corrected chi connectivity index (χ0v) is 12.5. The fourth-order valence-electron chi connectivity index (χ4n) is 2.27. The molecular weight excluding hydrogens is 282 g/mol. The van der Waals surface area contributed by atoms with E-state index < -0.39 is 0 Å². The lowest BCUT2D eigenvalue weighted by molar-refractivity contribution is 0.280. The van der Waals surface area contributed by atoms with Crippen molar-refractivity contribution in [1.82, 2.24) is 14.5 Å². The number of hydrogen-bond acceptors (Lipinski definition) is 5. The van der Waals surface area contributed by atoms with Crippen molar-refractivity contribution in [3.05, 3.63) is 33.7 Å². The van der Waals surface area contributed by atoms with E-state index in [-0.39, 0.29) is 0 Å².